The first kappa shape index (κ1) is 22.1. The number of allylic oxidation sites excluding steroid dienone is 1. The zero-order valence-electron chi connectivity index (χ0n) is 17.3. The van der Waals surface area contributed by atoms with Crippen molar-refractivity contribution >= 4 is 29.4 Å². The largest absolute Gasteiger partial charge is 0.268 e. The molecule has 4 rings (SSSR count). The third kappa shape index (κ3) is 5.18. The monoisotopic (exact) mass is 462 g/mol. The van der Waals surface area contributed by atoms with Crippen molar-refractivity contribution in [3.05, 3.63) is 112 Å². The molecule has 0 bridgehead atoms. The van der Waals surface area contributed by atoms with Gasteiger partial charge in [0, 0.05) is 27.1 Å². The SMILES string of the molecule is CSc1ccc(-c2nn(C/C=C/c3ccc(Cl)cc3)c(=O)cc2-c2ccc(F)cc2)cc1. The molecule has 0 aliphatic carbocycles. The van der Waals surface area contributed by atoms with E-state index in [2.05, 4.69) is 5.10 Å². The summed E-state index contributed by atoms with van der Waals surface area (Å²) in [6, 6.07) is 23.1. The molecule has 0 amide bonds. The molecule has 0 aliphatic heterocycles. The van der Waals surface area contributed by atoms with Gasteiger partial charge >= 0.3 is 0 Å². The van der Waals surface area contributed by atoms with Crippen molar-refractivity contribution in [3.8, 4) is 22.4 Å². The fourth-order valence-corrected chi connectivity index (χ4v) is 3.83. The summed E-state index contributed by atoms with van der Waals surface area (Å²) in [4.78, 5) is 14.0. The molecule has 32 heavy (non-hydrogen) atoms. The predicted octanol–water partition coefficient (Wildman–Crippen LogP) is 6.81. The van der Waals surface area contributed by atoms with Gasteiger partial charge in [-0.05, 0) is 53.8 Å². The second-order valence-corrected chi connectivity index (χ2v) is 8.43. The molecular weight excluding hydrogens is 443 g/mol. The molecule has 160 valence electrons. The van der Waals surface area contributed by atoms with Gasteiger partial charge in [0.15, 0.2) is 0 Å². The maximum atomic E-state index is 13.5. The summed E-state index contributed by atoms with van der Waals surface area (Å²) >= 11 is 7.58. The number of rotatable bonds is 6. The first-order chi connectivity index (χ1) is 15.5. The molecule has 0 atom stereocenters. The van der Waals surface area contributed by atoms with Gasteiger partial charge in [0.05, 0.1) is 12.2 Å². The van der Waals surface area contributed by atoms with E-state index in [9.17, 15) is 9.18 Å². The molecule has 0 N–H and O–H groups in total. The third-order valence-electron chi connectivity index (χ3n) is 4.98. The number of hydrogen-bond donors (Lipinski definition) is 0. The zero-order chi connectivity index (χ0) is 22.5. The molecule has 3 aromatic carbocycles. The second kappa shape index (κ2) is 9.98. The van der Waals surface area contributed by atoms with Crippen molar-refractivity contribution in [3.63, 3.8) is 0 Å². The minimum absolute atomic E-state index is 0.227. The van der Waals surface area contributed by atoms with Crippen molar-refractivity contribution in [1.29, 1.82) is 0 Å². The van der Waals surface area contributed by atoms with Crippen molar-refractivity contribution < 1.29 is 4.39 Å². The average molecular weight is 463 g/mol. The number of nitrogens with zero attached hydrogens (tertiary/aromatic N) is 2. The molecule has 4 aromatic rings. The van der Waals surface area contributed by atoms with Crippen LogP contribution in [0.15, 0.2) is 94.6 Å². The standard InChI is InChI=1S/C26H20ClFN2OS/c1-32-23-14-8-20(9-15-23)26-24(19-6-12-22(28)13-7-19)17-25(31)30(29-26)16-2-3-18-4-10-21(27)11-5-18/h2-15,17H,16H2,1H3/b3-2+. The molecule has 0 fully saturated rings. The Labute approximate surface area is 195 Å². The summed E-state index contributed by atoms with van der Waals surface area (Å²) in [6.07, 6.45) is 5.82. The van der Waals surface area contributed by atoms with E-state index in [1.807, 2.05) is 66.9 Å². The highest BCUT2D eigenvalue weighted by molar-refractivity contribution is 7.98. The van der Waals surface area contributed by atoms with E-state index in [1.54, 1.807) is 30.0 Å². The van der Waals surface area contributed by atoms with Gasteiger partial charge in [-0.15, -0.1) is 11.8 Å². The van der Waals surface area contributed by atoms with Crippen LogP contribution in [-0.2, 0) is 6.54 Å². The van der Waals surface area contributed by atoms with Crippen LogP contribution in [0.4, 0.5) is 4.39 Å². The number of aromatic nitrogens is 2. The summed E-state index contributed by atoms with van der Waals surface area (Å²) in [5.74, 6) is -0.326. The first-order valence-electron chi connectivity index (χ1n) is 9.98. The molecule has 0 spiro atoms. The van der Waals surface area contributed by atoms with Crippen LogP contribution in [0.3, 0.4) is 0 Å². The van der Waals surface area contributed by atoms with Crippen LogP contribution < -0.4 is 5.56 Å². The molecule has 3 nitrogen and oxygen atoms in total. The zero-order valence-corrected chi connectivity index (χ0v) is 18.9. The van der Waals surface area contributed by atoms with Crippen LogP contribution in [0, 0.1) is 5.82 Å². The number of hydrogen-bond acceptors (Lipinski definition) is 3. The van der Waals surface area contributed by atoms with E-state index in [1.165, 1.54) is 16.8 Å². The highest BCUT2D eigenvalue weighted by atomic mass is 35.5. The lowest BCUT2D eigenvalue weighted by atomic mass is 10.00. The minimum atomic E-state index is -0.326. The highest BCUT2D eigenvalue weighted by Crippen LogP contribution is 2.30. The van der Waals surface area contributed by atoms with Crippen molar-refractivity contribution in [2.45, 2.75) is 11.4 Å². The maximum Gasteiger partial charge on any atom is 0.267 e. The Balaban J connectivity index is 1.74. The van der Waals surface area contributed by atoms with Crippen LogP contribution in [0.1, 0.15) is 5.56 Å². The number of thioether (sulfide) groups is 1. The lowest BCUT2D eigenvalue weighted by molar-refractivity contribution is 0.628. The van der Waals surface area contributed by atoms with Crippen LogP contribution in [0.2, 0.25) is 5.02 Å². The van der Waals surface area contributed by atoms with Crippen LogP contribution in [-0.4, -0.2) is 16.0 Å². The number of benzene rings is 3. The van der Waals surface area contributed by atoms with Gasteiger partial charge in [0.25, 0.3) is 5.56 Å². The Hall–Kier alpha value is -3.15. The Bertz CT molecular complexity index is 1300. The van der Waals surface area contributed by atoms with E-state index >= 15 is 0 Å². The lowest BCUT2D eigenvalue weighted by Crippen LogP contribution is -2.22. The molecule has 0 saturated heterocycles. The normalized spacial score (nSPS) is 11.2. The summed E-state index contributed by atoms with van der Waals surface area (Å²) < 4.78 is 14.9. The Morgan fingerprint density at radius 3 is 2.28 bits per heavy atom. The molecule has 0 aliphatic rings. The van der Waals surface area contributed by atoms with Gasteiger partial charge in [0.1, 0.15) is 5.82 Å². The fraction of sp³-hybridized carbons (Fsp3) is 0.0769. The number of halogens is 2. The smallest absolute Gasteiger partial charge is 0.267 e. The van der Waals surface area contributed by atoms with Crippen LogP contribution in [0.25, 0.3) is 28.5 Å². The predicted molar refractivity (Wildman–Crippen MR) is 132 cm³/mol. The molecule has 0 radical (unpaired) electrons. The molecule has 1 aromatic heterocycles. The van der Waals surface area contributed by atoms with Crippen molar-refractivity contribution in [2.75, 3.05) is 6.26 Å². The topological polar surface area (TPSA) is 34.9 Å². The molecule has 0 saturated carbocycles. The van der Waals surface area contributed by atoms with Gasteiger partial charge < -0.3 is 0 Å². The van der Waals surface area contributed by atoms with Crippen molar-refractivity contribution in [1.82, 2.24) is 9.78 Å². The van der Waals surface area contributed by atoms with E-state index in [4.69, 9.17) is 11.6 Å². The van der Waals surface area contributed by atoms with Gasteiger partial charge in [-0.2, -0.15) is 5.10 Å². The second-order valence-electron chi connectivity index (χ2n) is 7.12. The maximum absolute atomic E-state index is 13.5. The first-order valence-corrected chi connectivity index (χ1v) is 11.6. The summed E-state index contributed by atoms with van der Waals surface area (Å²) in [5.41, 5.74) is 3.72. The summed E-state index contributed by atoms with van der Waals surface area (Å²) in [7, 11) is 0. The van der Waals surface area contributed by atoms with Crippen LogP contribution in [0.5, 0.6) is 0 Å². The van der Waals surface area contributed by atoms with Gasteiger partial charge in [0.2, 0.25) is 0 Å². The lowest BCUT2D eigenvalue weighted by Gasteiger charge is -2.12. The van der Waals surface area contributed by atoms with E-state index in [0.717, 1.165) is 21.6 Å². The molecule has 1 heterocycles. The molecular formula is C26H20ClFN2OS. The van der Waals surface area contributed by atoms with Gasteiger partial charge in [-0.25, -0.2) is 9.07 Å². The third-order valence-corrected chi connectivity index (χ3v) is 5.97. The average Bonchev–Trinajstić information content (AvgIpc) is 2.82. The fourth-order valence-electron chi connectivity index (χ4n) is 3.30. The van der Waals surface area contributed by atoms with E-state index in [0.29, 0.717) is 22.8 Å². The van der Waals surface area contributed by atoms with Gasteiger partial charge in [-0.1, -0.05) is 60.2 Å². The summed E-state index contributed by atoms with van der Waals surface area (Å²) in [6.45, 7) is 0.320. The van der Waals surface area contributed by atoms with E-state index < -0.39 is 0 Å². The van der Waals surface area contributed by atoms with Crippen molar-refractivity contribution in [2.24, 2.45) is 0 Å². The van der Waals surface area contributed by atoms with Gasteiger partial charge in [-0.3, -0.25) is 4.79 Å². The Morgan fingerprint density at radius 1 is 0.969 bits per heavy atom. The summed E-state index contributed by atoms with van der Waals surface area (Å²) in [5, 5.41) is 5.35. The molecule has 0 unspecified atom stereocenters. The Morgan fingerprint density at radius 2 is 1.62 bits per heavy atom. The van der Waals surface area contributed by atoms with Crippen LogP contribution >= 0.6 is 23.4 Å². The Kier molecular flexibility index (Phi) is 6.88. The van der Waals surface area contributed by atoms with E-state index in [-0.39, 0.29) is 11.4 Å². The quantitative estimate of drug-likeness (QED) is 0.295. The highest BCUT2D eigenvalue weighted by Gasteiger charge is 2.13. The molecule has 6 heteroatoms. The minimum Gasteiger partial charge on any atom is -0.268 e.